The molecular formula is C12H16ClNO4. The molecule has 1 rings (SSSR count). The van der Waals surface area contributed by atoms with E-state index in [0.717, 1.165) is 0 Å². The van der Waals surface area contributed by atoms with Crippen LogP contribution in [0.25, 0.3) is 0 Å². The fourth-order valence-electron chi connectivity index (χ4n) is 1.31. The SMILES string of the molecule is COCCNC(=O)COc1cccc(Cl)c1CO. The van der Waals surface area contributed by atoms with E-state index in [0.29, 0.717) is 29.5 Å². The molecule has 0 aliphatic rings. The van der Waals surface area contributed by atoms with Gasteiger partial charge in [0.05, 0.1) is 13.2 Å². The van der Waals surface area contributed by atoms with E-state index in [4.69, 9.17) is 26.2 Å². The minimum atomic E-state index is -0.254. The van der Waals surface area contributed by atoms with E-state index in [9.17, 15) is 4.79 Å². The van der Waals surface area contributed by atoms with Crippen LogP contribution in [0.15, 0.2) is 18.2 Å². The van der Waals surface area contributed by atoms with Gasteiger partial charge in [-0.1, -0.05) is 17.7 Å². The fraction of sp³-hybridized carbons (Fsp3) is 0.417. The van der Waals surface area contributed by atoms with E-state index in [1.54, 1.807) is 25.3 Å². The number of carbonyl (C=O) groups is 1. The monoisotopic (exact) mass is 273 g/mol. The van der Waals surface area contributed by atoms with E-state index in [-0.39, 0.29) is 19.1 Å². The van der Waals surface area contributed by atoms with Crippen molar-refractivity contribution in [3.8, 4) is 5.75 Å². The van der Waals surface area contributed by atoms with Crippen LogP contribution in [-0.2, 0) is 16.1 Å². The van der Waals surface area contributed by atoms with Crippen molar-refractivity contribution in [1.29, 1.82) is 0 Å². The van der Waals surface area contributed by atoms with Gasteiger partial charge in [0, 0.05) is 24.2 Å². The molecule has 0 unspecified atom stereocenters. The lowest BCUT2D eigenvalue weighted by Crippen LogP contribution is -2.31. The van der Waals surface area contributed by atoms with Crippen molar-refractivity contribution in [1.82, 2.24) is 5.32 Å². The molecule has 5 nitrogen and oxygen atoms in total. The number of hydrogen-bond acceptors (Lipinski definition) is 4. The summed E-state index contributed by atoms with van der Waals surface area (Å²) in [4.78, 5) is 11.4. The maximum atomic E-state index is 11.4. The van der Waals surface area contributed by atoms with Crippen LogP contribution in [0.5, 0.6) is 5.75 Å². The summed E-state index contributed by atoms with van der Waals surface area (Å²) in [6.45, 7) is 0.517. The summed E-state index contributed by atoms with van der Waals surface area (Å²) in [5.74, 6) is 0.155. The number of aliphatic hydroxyl groups is 1. The van der Waals surface area contributed by atoms with Gasteiger partial charge in [0.2, 0.25) is 0 Å². The first-order chi connectivity index (χ1) is 8.69. The molecule has 0 aromatic heterocycles. The van der Waals surface area contributed by atoms with Crippen LogP contribution in [0.2, 0.25) is 5.02 Å². The molecule has 6 heteroatoms. The number of aliphatic hydroxyl groups excluding tert-OH is 1. The molecule has 0 saturated carbocycles. The first kappa shape index (κ1) is 14.8. The third-order valence-corrected chi connectivity index (χ3v) is 2.58. The van der Waals surface area contributed by atoms with Gasteiger partial charge in [-0.05, 0) is 12.1 Å². The number of nitrogens with one attached hydrogen (secondary N) is 1. The van der Waals surface area contributed by atoms with Gasteiger partial charge in [0.1, 0.15) is 5.75 Å². The van der Waals surface area contributed by atoms with E-state index < -0.39 is 0 Å². The van der Waals surface area contributed by atoms with Gasteiger partial charge in [0.25, 0.3) is 5.91 Å². The lowest BCUT2D eigenvalue weighted by Gasteiger charge is -2.11. The average Bonchev–Trinajstić information content (AvgIpc) is 2.36. The van der Waals surface area contributed by atoms with E-state index in [1.807, 2.05) is 0 Å². The molecule has 18 heavy (non-hydrogen) atoms. The van der Waals surface area contributed by atoms with Crippen LogP contribution >= 0.6 is 11.6 Å². The van der Waals surface area contributed by atoms with Crippen LogP contribution in [0, 0.1) is 0 Å². The van der Waals surface area contributed by atoms with Crippen molar-refractivity contribution in [2.45, 2.75) is 6.61 Å². The molecule has 1 aromatic rings. The van der Waals surface area contributed by atoms with Gasteiger partial charge < -0.3 is 19.9 Å². The van der Waals surface area contributed by atoms with Crippen LogP contribution in [0.1, 0.15) is 5.56 Å². The van der Waals surface area contributed by atoms with Crippen LogP contribution in [0.3, 0.4) is 0 Å². The highest BCUT2D eigenvalue weighted by Crippen LogP contribution is 2.26. The zero-order chi connectivity index (χ0) is 13.4. The first-order valence-corrected chi connectivity index (χ1v) is 5.83. The molecule has 0 heterocycles. The van der Waals surface area contributed by atoms with Crippen molar-refractivity contribution in [2.75, 3.05) is 26.9 Å². The number of hydrogen-bond donors (Lipinski definition) is 2. The Morgan fingerprint density at radius 2 is 2.28 bits per heavy atom. The van der Waals surface area contributed by atoms with Crippen molar-refractivity contribution < 1.29 is 19.4 Å². The average molecular weight is 274 g/mol. The second-order valence-corrected chi connectivity index (χ2v) is 3.91. The largest absolute Gasteiger partial charge is 0.483 e. The number of halogens is 1. The molecule has 1 amide bonds. The summed E-state index contributed by atoms with van der Waals surface area (Å²) in [7, 11) is 1.56. The lowest BCUT2D eigenvalue weighted by atomic mass is 10.2. The number of methoxy groups -OCH3 is 1. The molecule has 0 aliphatic carbocycles. The van der Waals surface area contributed by atoms with Crippen molar-refractivity contribution in [2.24, 2.45) is 0 Å². The summed E-state index contributed by atoms with van der Waals surface area (Å²) in [5, 5.41) is 12.2. The predicted molar refractivity (Wildman–Crippen MR) is 67.8 cm³/mol. The molecule has 0 bridgehead atoms. The highest BCUT2D eigenvalue weighted by Gasteiger charge is 2.09. The fourth-order valence-corrected chi connectivity index (χ4v) is 1.54. The predicted octanol–water partition coefficient (Wildman–Crippen LogP) is 0.974. The van der Waals surface area contributed by atoms with Gasteiger partial charge in [-0.3, -0.25) is 4.79 Å². The Labute approximate surface area is 111 Å². The highest BCUT2D eigenvalue weighted by atomic mass is 35.5. The normalized spacial score (nSPS) is 10.2. The van der Waals surface area contributed by atoms with Crippen LogP contribution in [-0.4, -0.2) is 37.9 Å². The van der Waals surface area contributed by atoms with Gasteiger partial charge >= 0.3 is 0 Å². The molecular weight excluding hydrogens is 258 g/mol. The number of carbonyl (C=O) groups excluding carboxylic acids is 1. The molecule has 2 N–H and O–H groups in total. The molecule has 0 saturated heterocycles. The summed E-state index contributed by atoms with van der Waals surface area (Å²) in [6, 6.07) is 5.00. The molecule has 1 aromatic carbocycles. The molecule has 0 atom stereocenters. The zero-order valence-electron chi connectivity index (χ0n) is 10.1. The van der Waals surface area contributed by atoms with E-state index in [1.165, 1.54) is 0 Å². The van der Waals surface area contributed by atoms with Crippen molar-refractivity contribution >= 4 is 17.5 Å². The van der Waals surface area contributed by atoms with Crippen LogP contribution < -0.4 is 10.1 Å². The van der Waals surface area contributed by atoms with Gasteiger partial charge in [-0.25, -0.2) is 0 Å². The number of ether oxygens (including phenoxy) is 2. The number of rotatable bonds is 7. The van der Waals surface area contributed by atoms with E-state index in [2.05, 4.69) is 5.32 Å². The van der Waals surface area contributed by atoms with Gasteiger partial charge in [-0.15, -0.1) is 0 Å². The Bertz CT molecular complexity index is 398. The van der Waals surface area contributed by atoms with Gasteiger partial charge in [-0.2, -0.15) is 0 Å². The molecule has 100 valence electrons. The zero-order valence-corrected chi connectivity index (χ0v) is 10.9. The Hall–Kier alpha value is -1.30. The quantitative estimate of drug-likeness (QED) is 0.727. The topological polar surface area (TPSA) is 67.8 Å². The van der Waals surface area contributed by atoms with Gasteiger partial charge in [0.15, 0.2) is 6.61 Å². The smallest absolute Gasteiger partial charge is 0.258 e. The maximum absolute atomic E-state index is 11.4. The van der Waals surface area contributed by atoms with Crippen LogP contribution in [0.4, 0.5) is 0 Å². The highest BCUT2D eigenvalue weighted by molar-refractivity contribution is 6.31. The summed E-state index contributed by atoms with van der Waals surface area (Å²) < 4.78 is 10.1. The van der Waals surface area contributed by atoms with Crippen molar-refractivity contribution in [3.63, 3.8) is 0 Å². The molecule has 0 radical (unpaired) electrons. The Balaban J connectivity index is 2.48. The number of benzene rings is 1. The molecule has 0 aliphatic heterocycles. The summed E-state index contributed by atoms with van der Waals surface area (Å²) in [6.07, 6.45) is 0. The molecule has 0 fully saturated rings. The Kier molecular flexibility index (Phi) is 6.49. The molecule has 0 spiro atoms. The van der Waals surface area contributed by atoms with E-state index >= 15 is 0 Å². The first-order valence-electron chi connectivity index (χ1n) is 5.45. The Morgan fingerprint density at radius 3 is 2.94 bits per heavy atom. The standard InChI is InChI=1S/C12H16ClNO4/c1-17-6-5-14-12(16)8-18-11-4-2-3-10(13)9(11)7-15/h2-4,15H,5-8H2,1H3,(H,14,16). The maximum Gasteiger partial charge on any atom is 0.258 e. The minimum Gasteiger partial charge on any atom is -0.483 e. The number of amides is 1. The minimum absolute atomic E-state index is 0.128. The van der Waals surface area contributed by atoms with Crippen molar-refractivity contribution in [3.05, 3.63) is 28.8 Å². The Morgan fingerprint density at radius 1 is 1.50 bits per heavy atom. The lowest BCUT2D eigenvalue weighted by molar-refractivity contribution is -0.123. The third-order valence-electron chi connectivity index (χ3n) is 2.22. The third kappa shape index (κ3) is 4.52. The second-order valence-electron chi connectivity index (χ2n) is 3.51. The second kappa shape index (κ2) is 7.92. The summed E-state index contributed by atoms with van der Waals surface area (Å²) >= 11 is 5.89. The summed E-state index contributed by atoms with van der Waals surface area (Å²) in [5.41, 5.74) is 0.476.